The first-order chi connectivity index (χ1) is 10.1. The molecule has 122 valence electrons. The van der Waals surface area contributed by atoms with Gasteiger partial charge in [-0.1, -0.05) is 0 Å². The molecule has 1 aliphatic rings. The summed E-state index contributed by atoms with van der Waals surface area (Å²) in [7, 11) is 4.00. The number of nitrogens with zero attached hydrogens (tertiary/aromatic N) is 1. The first-order valence-electron chi connectivity index (χ1n) is 8.03. The van der Waals surface area contributed by atoms with Crippen molar-refractivity contribution >= 4 is 11.6 Å². The molecule has 3 N–H and O–H groups in total. The number of anilines is 1. The summed E-state index contributed by atoms with van der Waals surface area (Å²) in [4.78, 5) is 14.5. The predicted molar refractivity (Wildman–Crippen MR) is 91.3 cm³/mol. The van der Waals surface area contributed by atoms with Crippen molar-refractivity contribution in [2.45, 2.75) is 57.7 Å². The van der Waals surface area contributed by atoms with Gasteiger partial charge >= 0.3 is 0 Å². The standard InChI is InChI=1S/C18H29N3O/c1-17(2)11-14(12-18(3,4)20-17)19-16(22)13-7-9-15(10-8-13)21(5)6/h7-10,14,20H,11-12H2,1-6H3,(H,19,22)/p+1. The van der Waals surface area contributed by atoms with Gasteiger partial charge in [-0.15, -0.1) is 0 Å². The molecule has 1 amide bonds. The summed E-state index contributed by atoms with van der Waals surface area (Å²) in [5.41, 5.74) is 2.16. The van der Waals surface area contributed by atoms with Gasteiger partial charge in [0, 0.05) is 44.2 Å². The van der Waals surface area contributed by atoms with E-state index in [0.29, 0.717) is 0 Å². The van der Waals surface area contributed by atoms with Crippen LogP contribution in [-0.4, -0.2) is 37.1 Å². The van der Waals surface area contributed by atoms with E-state index in [0.717, 1.165) is 24.1 Å². The molecule has 1 fully saturated rings. The molecule has 4 heteroatoms. The van der Waals surface area contributed by atoms with E-state index in [9.17, 15) is 4.79 Å². The minimum atomic E-state index is 0.0313. The third kappa shape index (κ3) is 4.23. The van der Waals surface area contributed by atoms with Crippen molar-refractivity contribution in [1.29, 1.82) is 0 Å². The van der Waals surface area contributed by atoms with E-state index in [1.165, 1.54) is 0 Å². The molecule has 0 bridgehead atoms. The molecule has 0 aliphatic carbocycles. The van der Waals surface area contributed by atoms with Crippen LogP contribution in [0.1, 0.15) is 50.9 Å². The Morgan fingerprint density at radius 3 is 2.05 bits per heavy atom. The van der Waals surface area contributed by atoms with E-state index >= 15 is 0 Å². The molecule has 0 saturated carbocycles. The number of amides is 1. The number of nitrogens with one attached hydrogen (secondary N) is 1. The van der Waals surface area contributed by atoms with Gasteiger partial charge in [-0.25, -0.2) is 0 Å². The third-order valence-corrected chi connectivity index (χ3v) is 4.31. The SMILES string of the molecule is CN(C)c1ccc(C(=O)NC2CC(C)(C)[NH2+]C(C)(C)C2)cc1. The number of quaternary nitrogens is 1. The molecule has 1 aromatic carbocycles. The van der Waals surface area contributed by atoms with E-state index in [2.05, 4.69) is 38.3 Å². The Morgan fingerprint density at radius 2 is 1.59 bits per heavy atom. The predicted octanol–water partition coefficient (Wildman–Crippen LogP) is 1.77. The second-order valence-corrected chi connectivity index (χ2v) is 8.14. The minimum absolute atomic E-state index is 0.0313. The number of benzene rings is 1. The van der Waals surface area contributed by atoms with Gasteiger partial charge in [0.1, 0.15) is 0 Å². The first kappa shape index (κ1) is 16.8. The highest BCUT2D eigenvalue weighted by molar-refractivity contribution is 5.94. The maximum absolute atomic E-state index is 12.5. The summed E-state index contributed by atoms with van der Waals surface area (Å²) in [5.74, 6) is 0.0313. The van der Waals surface area contributed by atoms with Crippen LogP contribution in [0.25, 0.3) is 0 Å². The van der Waals surface area contributed by atoms with Gasteiger partial charge in [0.05, 0.1) is 11.1 Å². The highest BCUT2D eigenvalue weighted by Gasteiger charge is 2.42. The molecule has 0 atom stereocenters. The largest absolute Gasteiger partial charge is 0.378 e. The Balaban J connectivity index is 2.05. The van der Waals surface area contributed by atoms with Crippen molar-refractivity contribution in [2.75, 3.05) is 19.0 Å². The van der Waals surface area contributed by atoms with Crippen LogP contribution in [0.2, 0.25) is 0 Å². The van der Waals surface area contributed by atoms with Gasteiger partial charge in [-0.2, -0.15) is 0 Å². The zero-order valence-electron chi connectivity index (χ0n) is 14.7. The summed E-state index contributed by atoms with van der Waals surface area (Å²) in [5, 5.41) is 5.65. The fourth-order valence-electron chi connectivity index (χ4n) is 3.80. The Morgan fingerprint density at radius 1 is 1.09 bits per heavy atom. The van der Waals surface area contributed by atoms with Crippen LogP contribution >= 0.6 is 0 Å². The van der Waals surface area contributed by atoms with Crippen molar-refractivity contribution in [2.24, 2.45) is 0 Å². The van der Waals surface area contributed by atoms with Crippen LogP contribution in [0.3, 0.4) is 0 Å². The maximum atomic E-state index is 12.5. The van der Waals surface area contributed by atoms with Crippen molar-refractivity contribution in [3.05, 3.63) is 29.8 Å². The highest BCUT2D eigenvalue weighted by atomic mass is 16.1. The molecule has 1 aromatic rings. The van der Waals surface area contributed by atoms with Gasteiger partial charge in [-0.3, -0.25) is 4.79 Å². The average molecular weight is 304 g/mol. The monoisotopic (exact) mass is 304 g/mol. The number of hydrogen-bond acceptors (Lipinski definition) is 2. The van der Waals surface area contributed by atoms with E-state index in [1.807, 2.05) is 43.3 Å². The molecular formula is C18H30N3O+. The molecule has 1 heterocycles. The molecule has 2 rings (SSSR count). The number of piperidine rings is 1. The fourth-order valence-corrected chi connectivity index (χ4v) is 3.80. The van der Waals surface area contributed by atoms with Gasteiger partial charge in [0.2, 0.25) is 0 Å². The zero-order chi connectivity index (χ0) is 16.5. The molecule has 4 nitrogen and oxygen atoms in total. The van der Waals surface area contributed by atoms with E-state index in [1.54, 1.807) is 0 Å². The lowest BCUT2D eigenvalue weighted by atomic mass is 9.79. The number of hydrogen-bond donors (Lipinski definition) is 2. The lowest BCUT2D eigenvalue weighted by Gasteiger charge is -2.43. The summed E-state index contributed by atoms with van der Waals surface area (Å²) in [6.07, 6.45) is 2.00. The molecule has 0 unspecified atom stereocenters. The van der Waals surface area contributed by atoms with E-state index in [4.69, 9.17) is 0 Å². The molecule has 1 aliphatic heterocycles. The summed E-state index contributed by atoms with van der Waals surface area (Å²) in [6, 6.07) is 8.00. The molecule has 0 aromatic heterocycles. The molecule has 0 radical (unpaired) electrons. The van der Waals surface area contributed by atoms with Crippen LogP contribution in [0, 0.1) is 0 Å². The van der Waals surface area contributed by atoms with Crippen LogP contribution < -0.4 is 15.5 Å². The van der Waals surface area contributed by atoms with Crippen molar-refractivity contribution in [1.82, 2.24) is 5.32 Å². The minimum Gasteiger partial charge on any atom is -0.378 e. The summed E-state index contributed by atoms with van der Waals surface area (Å²) >= 11 is 0. The van der Waals surface area contributed by atoms with E-state index < -0.39 is 0 Å². The highest BCUT2D eigenvalue weighted by Crippen LogP contribution is 2.22. The van der Waals surface area contributed by atoms with Crippen molar-refractivity contribution < 1.29 is 10.1 Å². The Kier molecular flexibility index (Phi) is 4.52. The topological polar surface area (TPSA) is 49.0 Å². The van der Waals surface area contributed by atoms with Gasteiger partial charge < -0.3 is 15.5 Å². The maximum Gasteiger partial charge on any atom is 0.251 e. The Bertz CT molecular complexity index is 516. The molecule has 22 heavy (non-hydrogen) atoms. The van der Waals surface area contributed by atoms with E-state index in [-0.39, 0.29) is 23.0 Å². The van der Waals surface area contributed by atoms with Crippen LogP contribution in [-0.2, 0) is 0 Å². The number of carbonyl (C=O) groups is 1. The quantitative estimate of drug-likeness (QED) is 0.894. The second-order valence-electron chi connectivity index (χ2n) is 8.14. The normalized spacial score (nSPS) is 20.5. The smallest absolute Gasteiger partial charge is 0.251 e. The van der Waals surface area contributed by atoms with Crippen LogP contribution in [0.5, 0.6) is 0 Å². The lowest BCUT2D eigenvalue weighted by molar-refractivity contribution is -0.787. The second kappa shape index (κ2) is 5.92. The molecule has 0 spiro atoms. The Labute approximate surface area is 134 Å². The number of rotatable bonds is 3. The zero-order valence-corrected chi connectivity index (χ0v) is 14.7. The van der Waals surface area contributed by atoms with Gasteiger partial charge in [0.15, 0.2) is 0 Å². The lowest BCUT2D eigenvalue weighted by Crippen LogP contribution is -3.06. The fraction of sp³-hybridized carbons (Fsp3) is 0.611. The summed E-state index contributed by atoms with van der Waals surface area (Å²) in [6.45, 7) is 9.00. The first-order valence-corrected chi connectivity index (χ1v) is 8.03. The average Bonchev–Trinajstić information content (AvgIpc) is 2.34. The van der Waals surface area contributed by atoms with Crippen molar-refractivity contribution in [3.8, 4) is 0 Å². The number of nitrogens with two attached hydrogens (primary N) is 1. The molecule has 1 saturated heterocycles. The van der Waals surface area contributed by atoms with Gasteiger partial charge in [0.25, 0.3) is 5.91 Å². The number of carbonyl (C=O) groups excluding carboxylic acids is 1. The van der Waals surface area contributed by atoms with Crippen molar-refractivity contribution in [3.63, 3.8) is 0 Å². The van der Waals surface area contributed by atoms with Crippen LogP contribution in [0.15, 0.2) is 24.3 Å². The van der Waals surface area contributed by atoms with Gasteiger partial charge in [-0.05, 0) is 52.0 Å². The summed E-state index contributed by atoms with van der Waals surface area (Å²) < 4.78 is 0. The Hall–Kier alpha value is -1.55. The van der Waals surface area contributed by atoms with Crippen LogP contribution in [0.4, 0.5) is 5.69 Å². The third-order valence-electron chi connectivity index (χ3n) is 4.31. The molecular weight excluding hydrogens is 274 g/mol.